The van der Waals surface area contributed by atoms with Gasteiger partial charge in [-0.3, -0.25) is 4.79 Å². The van der Waals surface area contributed by atoms with E-state index >= 15 is 0 Å². The summed E-state index contributed by atoms with van der Waals surface area (Å²) in [5.74, 6) is -0.0842. The molecule has 0 aliphatic carbocycles. The first-order chi connectivity index (χ1) is 14.1. The Kier molecular flexibility index (Phi) is 6.09. The van der Waals surface area contributed by atoms with Crippen LogP contribution in [0.3, 0.4) is 0 Å². The Balaban J connectivity index is 1.70. The molecule has 0 radical (unpaired) electrons. The van der Waals surface area contributed by atoms with Crippen LogP contribution in [0, 0.1) is 5.95 Å². The lowest BCUT2D eigenvalue weighted by molar-refractivity contribution is -0.127. The van der Waals surface area contributed by atoms with Crippen LogP contribution < -0.4 is 19.7 Å². The van der Waals surface area contributed by atoms with Crippen LogP contribution in [-0.2, 0) is 16.1 Å². The quantitative estimate of drug-likeness (QED) is 0.769. The number of amides is 2. The van der Waals surface area contributed by atoms with Crippen LogP contribution in [0.4, 0.5) is 14.9 Å². The van der Waals surface area contributed by atoms with Gasteiger partial charge in [0.1, 0.15) is 24.7 Å². The first-order valence-electron chi connectivity index (χ1n) is 9.39. The van der Waals surface area contributed by atoms with Crippen molar-refractivity contribution in [2.45, 2.75) is 39.0 Å². The first-order valence-corrected chi connectivity index (χ1v) is 9.39. The number of anilines is 1. The van der Waals surface area contributed by atoms with Gasteiger partial charge in [-0.2, -0.15) is 4.39 Å². The number of carbonyl (C=O) groups is 2. The highest BCUT2D eigenvalue weighted by Crippen LogP contribution is 2.34. The average molecular weight is 417 g/mol. The minimum atomic E-state index is -1.09. The second-order valence-electron chi connectivity index (χ2n) is 7.88. The fourth-order valence-corrected chi connectivity index (χ4v) is 2.79. The number of aromatic nitrogens is 1. The largest absolute Gasteiger partial charge is 0.489 e. The van der Waals surface area contributed by atoms with Crippen LogP contribution in [0.1, 0.15) is 26.3 Å². The van der Waals surface area contributed by atoms with E-state index in [4.69, 9.17) is 14.2 Å². The number of alkyl carbamates (subject to hydrolysis) is 1. The summed E-state index contributed by atoms with van der Waals surface area (Å²) >= 11 is 0. The zero-order valence-corrected chi connectivity index (χ0v) is 17.3. The third-order valence-corrected chi connectivity index (χ3v) is 4.21. The molecule has 0 fully saturated rings. The fraction of sp³-hybridized carbons (Fsp3) is 0.381. The molecule has 1 aliphatic rings. The van der Waals surface area contributed by atoms with Gasteiger partial charge < -0.3 is 24.4 Å². The van der Waals surface area contributed by atoms with Gasteiger partial charge in [0.25, 0.3) is 5.91 Å². The zero-order valence-electron chi connectivity index (χ0n) is 17.3. The lowest BCUT2D eigenvalue weighted by Gasteiger charge is -2.23. The van der Waals surface area contributed by atoms with Crippen LogP contribution in [-0.4, -0.2) is 42.3 Å². The molecule has 8 nitrogen and oxygen atoms in total. The molecule has 2 heterocycles. The second-order valence-corrected chi connectivity index (χ2v) is 7.88. The van der Waals surface area contributed by atoms with E-state index < -0.39 is 29.6 Å². The summed E-state index contributed by atoms with van der Waals surface area (Å²) in [4.78, 5) is 29.7. The molecule has 1 N–H and O–H groups in total. The fourth-order valence-electron chi connectivity index (χ4n) is 2.79. The van der Waals surface area contributed by atoms with Crippen molar-refractivity contribution in [1.82, 2.24) is 10.3 Å². The summed E-state index contributed by atoms with van der Waals surface area (Å²) in [6.45, 7) is 5.45. The van der Waals surface area contributed by atoms with E-state index in [1.807, 2.05) is 20.8 Å². The molecule has 0 saturated carbocycles. The maximum Gasteiger partial charge on any atom is 0.408 e. The molecule has 160 valence electrons. The van der Waals surface area contributed by atoms with Gasteiger partial charge in [-0.05, 0) is 50.6 Å². The molecule has 0 saturated heterocycles. The zero-order chi connectivity index (χ0) is 21.9. The smallest absolute Gasteiger partial charge is 0.408 e. The van der Waals surface area contributed by atoms with Crippen LogP contribution >= 0.6 is 0 Å². The van der Waals surface area contributed by atoms with Crippen molar-refractivity contribution in [3.8, 4) is 11.5 Å². The van der Waals surface area contributed by atoms with E-state index in [0.717, 1.165) is 0 Å². The van der Waals surface area contributed by atoms with Gasteiger partial charge in [-0.15, -0.1) is 0 Å². The molecule has 0 bridgehead atoms. The Morgan fingerprint density at radius 2 is 2.10 bits per heavy atom. The van der Waals surface area contributed by atoms with Crippen LogP contribution in [0.15, 0.2) is 36.5 Å². The maximum absolute atomic E-state index is 13.2. The van der Waals surface area contributed by atoms with Crippen LogP contribution in [0.25, 0.3) is 0 Å². The van der Waals surface area contributed by atoms with Gasteiger partial charge in [0.15, 0.2) is 0 Å². The SMILES string of the molecule is CN1C(=O)[C@@H](OC(=O)NC(C)(C)C)COc2ccc(OCc3ccnc(F)c3)cc21. The lowest BCUT2D eigenvalue weighted by atomic mass is 10.1. The van der Waals surface area contributed by atoms with Gasteiger partial charge in [0.2, 0.25) is 12.1 Å². The first kappa shape index (κ1) is 21.4. The number of fused-ring (bicyclic) bond motifs is 1. The van der Waals surface area contributed by atoms with Crippen molar-refractivity contribution in [2.75, 3.05) is 18.6 Å². The summed E-state index contributed by atoms with van der Waals surface area (Å²) in [7, 11) is 1.57. The third kappa shape index (κ3) is 5.37. The van der Waals surface area contributed by atoms with E-state index in [-0.39, 0.29) is 13.2 Å². The molecule has 2 amide bonds. The number of hydrogen-bond acceptors (Lipinski definition) is 6. The highest BCUT2D eigenvalue weighted by molar-refractivity contribution is 5.99. The summed E-state index contributed by atoms with van der Waals surface area (Å²) in [5.41, 5.74) is 0.599. The Hall–Kier alpha value is -3.36. The van der Waals surface area contributed by atoms with E-state index in [1.165, 1.54) is 17.2 Å². The van der Waals surface area contributed by atoms with Gasteiger partial charge in [0.05, 0.1) is 5.69 Å². The number of hydrogen-bond donors (Lipinski definition) is 1. The molecule has 0 spiro atoms. The second kappa shape index (κ2) is 8.56. The van der Waals surface area contributed by atoms with Crippen molar-refractivity contribution in [2.24, 2.45) is 0 Å². The molecule has 0 unspecified atom stereocenters. The number of benzene rings is 1. The summed E-state index contributed by atoms with van der Waals surface area (Å²) in [6, 6.07) is 7.92. The number of rotatable bonds is 4. The van der Waals surface area contributed by atoms with Crippen molar-refractivity contribution in [3.05, 3.63) is 48.0 Å². The predicted octanol–water partition coefficient (Wildman–Crippen LogP) is 3.05. The average Bonchev–Trinajstić information content (AvgIpc) is 2.77. The molecule has 3 rings (SSSR count). The van der Waals surface area contributed by atoms with Crippen molar-refractivity contribution < 1.29 is 28.2 Å². The van der Waals surface area contributed by atoms with Crippen molar-refractivity contribution in [3.63, 3.8) is 0 Å². The number of nitrogens with zero attached hydrogens (tertiary/aromatic N) is 2. The highest BCUT2D eigenvalue weighted by Gasteiger charge is 2.33. The topological polar surface area (TPSA) is 90.0 Å². The minimum Gasteiger partial charge on any atom is -0.489 e. The number of ether oxygens (including phenoxy) is 3. The molecular formula is C21H24FN3O5. The van der Waals surface area contributed by atoms with E-state index in [9.17, 15) is 14.0 Å². The van der Waals surface area contributed by atoms with Gasteiger partial charge in [-0.1, -0.05) is 0 Å². The number of carbonyl (C=O) groups excluding carboxylic acids is 2. The molecule has 1 atom stereocenters. The van der Waals surface area contributed by atoms with Gasteiger partial charge in [-0.25, -0.2) is 9.78 Å². The number of halogens is 1. The van der Waals surface area contributed by atoms with Gasteiger partial charge in [0, 0.05) is 24.8 Å². The molecule has 30 heavy (non-hydrogen) atoms. The molecule has 1 aliphatic heterocycles. The molecule has 1 aromatic carbocycles. The number of pyridine rings is 1. The molecular weight excluding hydrogens is 393 g/mol. The van der Waals surface area contributed by atoms with E-state index in [0.29, 0.717) is 22.7 Å². The Labute approximate surface area is 173 Å². The summed E-state index contributed by atoms with van der Waals surface area (Å²) < 4.78 is 29.9. The Bertz CT molecular complexity index is 944. The number of nitrogens with one attached hydrogen (secondary N) is 1. The molecule has 2 aromatic rings. The van der Waals surface area contributed by atoms with E-state index in [1.54, 1.807) is 31.3 Å². The predicted molar refractivity (Wildman–Crippen MR) is 107 cm³/mol. The van der Waals surface area contributed by atoms with E-state index in [2.05, 4.69) is 10.3 Å². The Morgan fingerprint density at radius 1 is 1.33 bits per heavy atom. The highest BCUT2D eigenvalue weighted by atomic mass is 19.1. The maximum atomic E-state index is 13.2. The number of likely N-dealkylation sites (N-methyl/N-ethyl adjacent to an activating group) is 1. The van der Waals surface area contributed by atoms with Crippen LogP contribution in [0.5, 0.6) is 11.5 Å². The monoisotopic (exact) mass is 417 g/mol. The van der Waals surface area contributed by atoms with Crippen molar-refractivity contribution in [1.29, 1.82) is 0 Å². The lowest BCUT2D eigenvalue weighted by Crippen LogP contribution is -2.46. The molecule has 1 aromatic heterocycles. The van der Waals surface area contributed by atoms with Crippen molar-refractivity contribution >= 4 is 17.7 Å². The molecule has 9 heteroatoms. The standard InChI is InChI=1S/C21H24FN3O5/c1-21(2,3)24-20(27)30-17-12-29-16-6-5-14(10-15(16)25(4)19(17)26)28-11-13-7-8-23-18(22)9-13/h5-10,17H,11-12H2,1-4H3,(H,24,27)/t17-/m0/s1. The summed E-state index contributed by atoms with van der Waals surface area (Å²) in [6.07, 6.45) is -0.423. The Morgan fingerprint density at radius 3 is 2.80 bits per heavy atom. The van der Waals surface area contributed by atoms with Crippen LogP contribution in [0.2, 0.25) is 0 Å². The minimum absolute atomic E-state index is 0.107. The third-order valence-electron chi connectivity index (χ3n) is 4.21. The van der Waals surface area contributed by atoms with Gasteiger partial charge >= 0.3 is 6.09 Å². The summed E-state index contributed by atoms with van der Waals surface area (Å²) in [5, 5.41) is 2.65. The normalized spacial score (nSPS) is 16.2.